The van der Waals surface area contributed by atoms with Crippen molar-refractivity contribution in [3.8, 4) is 0 Å². The molecule has 2 aromatic rings. The van der Waals surface area contributed by atoms with Gasteiger partial charge >= 0.3 is 0 Å². The zero-order chi connectivity index (χ0) is 15.2. The van der Waals surface area contributed by atoms with Crippen molar-refractivity contribution in [3.05, 3.63) is 71.8 Å². The Bertz CT molecular complexity index is 653. The number of amides is 1. The fourth-order valence-electron chi connectivity index (χ4n) is 2.49. The van der Waals surface area contributed by atoms with Gasteiger partial charge in [0.2, 0.25) is 5.96 Å². The Hall–Kier alpha value is -2.62. The second-order valence-corrected chi connectivity index (χ2v) is 5.29. The van der Waals surface area contributed by atoms with Crippen LogP contribution in [0.15, 0.2) is 65.7 Å². The monoisotopic (exact) mass is 293 g/mol. The molecule has 4 nitrogen and oxygen atoms in total. The molecular formula is C18H19N3O. The minimum atomic E-state index is -0.112. The third-order valence-corrected chi connectivity index (χ3v) is 3.62. The van der Waals surface area contributed by atoms with Gasteiger partial charge in [0, 0.05) is 25.2 Å². The molecule has 0 atom stereocenters. The molecule has 0 aromatic heterocycles. The summed E-state index contributed by atoms with van der Waals surface area (Å²) < 4.78 is 0. The number of hydrogen-bond donors (Lipinski definition) is 1. The van der Waals surface area contributed by atoms with Crippen molar-refractivity contribution in [2.75, 3.05) is 13.1 Å². The molecule has 0 spiro atoms. The van der Waals surface area contributed by atoms with E-state index in [1.165, 1.54) is 5.56 Å². The fourth-order valence-corrected chi connectivity index (χ4v) is 2.49. The first-order valence-electron chi connectivity index (χ1n) is 7.52. The van der Waals surface area contributed by atoms with Crippen LogP contribution in [0, 0.1) is 0 Å². The summed E-state index contributed by atoms with van der Waals surface area (Å²) in [6, 6.07) is 19.5. The van der Waals surface area contributed by atoms with E-state index in [0.717, 1.165) is 26.1 Å². The number of carbonyl (C=O) groups is 1. The topological polar surface area (TPSA) is 44.7 Å². The third kappa shape index (κ3) is 3.52. The summed E-state index contributed by atoms with van der Waals surface area (Å²) >= 11 is 0. The maximum Gasteiger partial charge on any atom is 0.257 e. The molecule has 22 heavy (non-hydrogen) atoms. The molecule has 2 aromatic carbocycles. The molecule has 1 aliphatic rings. The molecule has 4 heteroatoms. The molecular weight excluding hydrogens is 274 g/mol. The summed E-state index contributed by atoms with van der Waals surface area (Å²) in [4.78, 5) is 18.9. The number of aliphatic imine (C=N–C) groups is 1. The number of hydrogen-bond acceptors (Lipinski definition) is 3. The summed E-state index contributed by atoms with van der Waals surface area (Å²) in [5.41, 5.74) is 1.86. The molecule has 0 bridgehead atoms. The van der Waals surface area contributed by atoms with Crippen LogP contribution in [0.2, 0.25) is 0 Å². The summed E-state index contributed by atoms with van der Waals surface area (Å²) in [7, 11) is 0. The van der Waals surface area contributed by atoms with Crippen LogP contribution >= 0.6 is 0 Å². The lowest BCUT2D eigenvalue weighted by atomic mass is 10.2. The summed E-state index contributed by atoms with van der Waals surface area (Å²) in [5.74, 6) is 0.559. The van der Waals surface area contributed by atoms with E-state index in [1.807, 2.05) is 36.4 Å². The van der Waals surface area contributed by atoms with Crippen molar-refractivity contribution in [3.63, 3.8) is 0 Å². The Morgan fingerprint density at radius 1 is 1.05 bits per heavy atom. The molecule has 1 heterocycles. The lowest BCUT2D eigenvalue weighted by Gasteiger charge is -2.29. The molecule has 0 fully saturated rings. The van der Waals surface area contributed by atoms with Gasteiger partial charge in [-0.3, -0.25) is 15.1 Å². The van der Waals surface area contributed by atoms with Crippen LogP contribution in [-0.4, -0.2) is 29.9 Å². The van der Waals surface area contributed by atoms with E-state index in [1.54, 1.807) is 12.1 Å². The van der Waals surface area contributed by atoms with Gasteiger partial charge in [0.15, 0.2) is 0 Å². The summed E-state index contributed by atoms with van der Waals surface area (Å²) in [6.07, 6.45) is 1.01. The van der Waals surface area contributed by atoms with Crippen molar-refractivity contribution in [1.29, 1.82) is 0 Å². The van der Waals surface area contributed by atoms with E-state index in [2.05, 4.69) is 27.3 Å². The van der Waals surface area contributed by atoms with Gasteiger partial charge in [0.05, 0.1) is 0 Å². The number of rotatable bonds is 3. The van der Waals surface area contributed by atoms with Crippen LogP contribution in [0.1, 0.15) is 22.3 Å². The second kappa shape index (κ2) is 6.89. The van der Waals surface area contributed by atoms with Crippen molar-refractivity contribution in [2.24, 2.45) is 4.99 Å². The molecule has 112 valence electrons. The maximum absolute atomic E-state index is 12.3. The molecule has 0 unspecified atom stereocenters. The highest BCUT2D eigenvalue weighted by Gasteiger charge is 2.18. The van der Waals surface area contributed by atoms with Gasteiger partial charge in [-0.05, 0) is 24.1 Å². The Morgan fingerprint density at radius 3 is 2.45 bits per heavy atom. The highest BCUT2D eigenvalue weighted by molar-refractivity contribution is 6.05. The fraction of sp³-hybridized carbons (Fsp3) is 0.222. The van der Waals surface area contributed by atoms with Crippen molar-refractivity contribution in [1.82, 2.24) is 10.2 Å². The standard InChI is InChI=1S/C18H19N3O/c22-17(16-10-5-2-6-11-16)20-18-19-12-7-13-21(18)14-15-8-3-1-4-9-15/h1-6,8-11H,7,12-14H2,(H,19,20,22). The Labute approximate surface area is 130 Å². The molecule has 1 N–H and O–H groups in total. The first-order valence-corrected chi connectivity index (χ1v) is 7.52. The summed E-state index contributed by atoms with van der Waals surface area (Å²) in [6.45, 7) is 2.42. The molecule has 0 saturated heterocycles. The minimum absolute atomic E-state index is 0.112. The Kier molecular flexibility index (Phi) is 4.49. The number of guanidine groups is 1. The van der Waals surface area contributed by atoms with Crippen molar-refractivity contribution in [2.45, 2.75) is 13.0 Å². The second-order valence-electron chi connectivity index (χ2n) is 5.29. The number of benzene rings is 2. The van der Waals surface area contributed by atoms with Gasteiger partial charge < -0.3 is 4.90 Å². The maximum atomic E-state index is 12.3. The lowest BCUT2D eigenvalue weighted by molar-refractivity contribution is 0.0971. The normalized spacial score (nSPS) is 14.4. The number of nitrogens with zero attached hydrogens (tertiary/aromatic N) is 2. The van der Waals surface area contributed by atoms with Crippen LogP contribution < -0.4 is 5.32 Å². The molecule has 0 aliphatic carbocycles. The van der Waals surface area contributed by atoms with Crippen LogP contribution in [0.25, 0.3) is 0 Å². The first kappa shape index (κ1) is 14.3. The average molecular weight is 293 g/mol. The quantitative estimate of drug-likeness (QED) is 0.945. The summed E-state index contributed by atoms with van der Waals surface area (Å²) in [5, 5.41) is 2.94. The predicted octanol–water partition coefficient (Wildman–Crippen LogP) is 2.68. The molecule has 1 aliphatic heterocycles. The molecule has 0 saturated carbocycles. The van der Waals surface area contributed by atoms with Gasteiger partial charge in [-0.15, -0.1) is 0 Å². The van der Waals surface area contributed by atoms with Gasteiger partial charge in [-0.25, -0.2) is 0 Å². The van der Waals surface area contributed by atoms with Crippen LogP contribution in [0.3, 0.4) is 0 Å². The highest BCUT2D eigenvalue weighted by Crippen LogP contribution is 2.09. The molecule has 0 radical (unpaired) electrons. The van der Waals surface area contributed by atoms with Crippen molar-refractivity contribution >= 4 is 11.9 Å². The lowest BCUT2D eigenvalue weighted by Crippen LogP contribution is -2.46. The van der Waals surface area contributed by atoms with E-state index in [4.69, 9.17) is 0 Å². The van der Waals surface area contributed by atoms with Gasteiger partial charge in [-0.2, -0.15) is 0 Å². The minimum Gasteiger partial charge on any atom is -0.338 e. The smallest absolute Gasteiger partial charge is 0.257 e. The molecule has 1 amide bonds. The SMILES string of the molecule is O=C(NC1=NCCCN1Cc1ccccc1)c1ccccc1. The number of nitrogens with one attached hydrogen (secondary N) is 1. The van der Waals surface area contributed by atoms with Gasteiger partial charge in [0.1, 0.15) is 0 Å². The average Bonchev–Trinajstić information content (AvgIpc) is 2.58. The van der Waals surface area contributed by atoms with Crippen LogP contribution in [-0.2, 0) is 6.54 Å². The zero-order valence-corrected chi connectivity index (χ0v) is 12.4. The highest BCUT2D eigenvalue weighted by atomic mass is 16.1. The molecule has 3 rings (SSSR count). The number of carbonyl (C=O) groups excluding carboxylic acids is 1. The van der Waals surface area contributed by atoms with Crippen LogP contribution in [0.4, 0.5) is 0 Å². The van der Waals surface area contributed by atoms with E-state index in [-0.39, 0.29) is 5.91 Å². The van der Waals surface area contributed by atoms with Gasteiger partial charge in [0.25, 0.3) is 5.91 Å². The zero-order valence-electron chi connectivity index (χ0n) is 12.4. The van der Waals surface area contributed by atoms with E-state index in [9.17, 15) is 4.79 Å². The Morgan fingerprint density at radius 2 is 1.73 bits per heavy atom. The van der Waals surface area contributed by atoms with E-state index in [0.29, 0.717) is 11.5 Å². The largest absolute Gasteiger partial charge is 0.338 e. The van der Waals surface area contributed by atoms with E-state index < -0.39 is 0 Å². The first-order chi connectivity index (χ1) is 10.8. The van der Waals surface area contributed by atoms with E-state index >= 15 is 0 Å². The van der Waals surface area contributed by atoms with Crippen LogP contribution in [0.5, 0.6) is 0 Å². The predicted molar refractivity (Wildman–Crippen MR) is 87.7 cm³/mol. The van der Waals surface area contributed by atoms with Gasteiger partial charge in [-0.1, -0.05) is 48.5 Å². The van der Waals surface area contributed by atoms with Crippen molar-refractivity contribution < 1.29 is 4.79 Å². The Balaban J connectivity index is 1.70. The third-order valence-electron chi connectivity index (χ3n) is 3.62.